The summed E-state index contributed by atoms with van der Waals surface area (Å²) in [7, 11) is 0. The van der Waals surface area contributed by atoms with Crippen molar-refractivity contribution < 1.29 is 0 Å². The molecule has 0 bridgehead atoms. The summed E-state index contributed by atoms with van der Waals surface area (Å²) >= 11 is 2.07. The van der Waals surface area contributed by atoms with E-state index in [2.05, 4.69) is 40.7 Å². The Morgan fingerprint density at radius 2 is 2.05 bits per heavy atom. The second-order valence-corrected chi connectivity index (χ2v) is 7.11. The summed E-state index contributed by atoms with van der Waals surface area (Å²) in [6.45, 7) is 12.3. The normalized spacial score (nSPS) is 24.6. The van der Waals surface area contributed by atoms with Crippen molar-refractivity contribution in [3.8, 4) is 0 Å². The number of halogens is 1. The van der Waals surface area contributed by atoms with E-state index in [1.165, 1.54) is 37.4 Å². The Bertz CT molecular complexity index is 308. The predicted octanol–water partition coefficient (Wildman–Crippen LogP) is 2.35. The van der Waals surface area contributed by atoms with Crippen molar-refractivity contribution in [1.29, 1.82) is 0 Å². The lowest BCUT2D eigenvalue weighted by molar-refractivity contribution is 0.264. The summed E-state index contributed by atoms with van der Waals surface area (Å²) in [6.07, 6.45) is 2.66. The molecule has 0 radical (unpaired) electrons. The van der Waals surface area contributed by atoms with Gasteiger partial charge in [0.25, 0.3) is 0 Å². The maximum absolute atomic E-state index is 4.85. The van der Waals surface area contributed by atoms with Crippen LogP contribution in [0, 0.1) is 5.92 Å². The molecule has 0 saturated carbocycles. The minimum atomic E-state index is 0. The average Bonchev–Trinajstić information content (AvgIpc) is 2.47. The molecule has 2 aliphatic heterocycles. The summed E-state index contributed by atoms with van der Waals surface area (Å²) < 4.78 is 0. The first-order valence-corrected chi connectivity index (χ1v) is 9.28. The van der Waals surface area contributed by atoms with E-state index in [4.69, 9.17) is 4.99 Å². The van der Waals surface area contributed by atoms with Gasteiger partial charge in [-0.05, 0) is 25.7 Å². The van der Waals surface area contributed by atoms with E-state index in [1.54, 1.807) is 0 Å². The van der Waals surface area contributed by atoms with Crippen LogP contribution in [-0.2, 0) is 0 Å². The van der Waals surface area contributed by atoms with E-state index in [-0.39, 0.29) is 24.0 Å². The maximum Gasteiger partial charge on any atom is 0.193 e. The Hall–Kier alpha value is 0.310. The molecule has 0 spiro atoms. The number of rotatable bonds is 4. The van der Waals surface area contributed by atoms with Gasteiger partial charge in [0.2, 0.25) is 0 Å². The van der Waals surface area contributed by atoms with Crippen molar-refractivity contribution in [2.45, 2.75) is 26.7 Å². The van der Waals surface area contributed by atoms with Crippen molar-refractivity contribution in [2.75, 3.05) is 57.3 Å². The van der Waals surface area contributed by atoms with Crippen molar-refractivity contribution in [3.05, 3.63) is 0 Å². The van der Waals surface area contributed by atoms with E-state index in [0.717, 1.165) is 44.6 Å². The molecule has 1 atom stereocenters. The zero-order valence-corrected chi connectivity index (χ0v) is 16.7. The maximum atomic E-state index is 4.85. The van der Waals surface area contributed by atoms with Gasteiger partial charge in [0.15, 0.2) is 5.96 Å². The molecule has 2 fully saturated rings. The molecule has 1 N–H and O–H groups in total. The van der Waals surface area contributed by atoms with Crippen LogP contribution in [0.25, 0.3) is 0 Å². The molecule has 1 unspecified atom stereocenters. The molecule has 0 aromatic heterocycles. The summed E-state index contributed by atoms with van der Waals surface area (Å²) in [5.74, 6) is 4.50. The lowest BCUT2D eigenvalue weighted by Gasteiger charge is -2.33. The van der Waals surface area contributed by atoms with Gasteiger partial charge in [0, 0.05) is 50.8 Å². The minimum absolute atomic E-state index is 0. The van der Waals surface area contributed by atoms with Gasteiger partial charge >= 0.3 is 0 Å². The first kappa shape index (κ1) is 19.4. The molecule has 2 aliphatic rings. The third kappa shape index (κ3) is 6.95. The monoisotopic (exact) mass is 426 g/mol. The number of likely N-dealkylation sites (tertiary alicyclic amines) is 1. The predicted molar refractivity (Wildman–Crippen MR) is 105 cm³/mol. The van der Waals surface area contributed by atoms with Crippen LogP contribution in [0.15, 0.2) is 4.99 Å². The molecule has 2 heterocycles. The van der Waals surface area contributed by atoms with Crippen molar-refractivity contribution in [3.63, 3.8) is 0 Å². The number of guanidine groups is 1. The summed E-state index contributed by atoms with van der Waals surface area (Å²) in [6, 6.07) is 0. The Balaban J connectivity index is 0.00000220. The molecular formula is C15H31IN4S. The van der Waals surface area contributed by atoms with Gasteiger partial charge < -0.3 is 10.2 Å². The van der Waals surface area contributed by atoms with Crippen LogP contribution in [-0.4, -0.2) is 73.1 Å². The van der Waals surface area contributed by atoms with Crippen molar-refractivity contribution in [1.82, 2.24) is 15.1 Å². The lowest BCUT2D eigenvalue weighted by atomic mass is 10.0. The molecule has 2 rings (SSSR count). The number of thioether (sulfide) groups is 1. The molecule has 4 nitrogen and oxygen atoms in total. The SMILES string of the molecule is CCNC(=NCCN1CCSCC1)N1CCCC(C)C1.I. The first-order chi connectivity index (χ1) is 9.79. The van der Waals surface area contributed by atoms with Gasteiger partial charge in [-0.25, -0.2) is 0 Å². The Morgan fingerprint density at radius 3 is 2.71 bits per heavy atom. The number of hydrogen-bond donors (Lipinski definition) is 1. The number of aliphatic imine (C=N–C) groups is 1. The topological polar surface area (TPSA) is 30.9 Å². The molecule has 2 saturated heterocycles. The van der Waals surface area contributed by atoms with Crippen LogP contribution in [0.1, 0.15) is 26.7 Å². The largest absolute Gasteiger partial charge is 0.357 e. The Kier molecular flexibility index (Phi) is 10.1. The fourth-order valence-corrected chi connectivity index (χ4v) is 3.91. The minimum Gasteiger partial charge on any atom is -0.357 e. The summed E-state index contributed by atoms with van der Waals surface area (Å²) in [4.78, 5) is 9.84. The summed E-state index contributed by atoms with van der Waals surface area (Å²) in [5, 5.41) is 3.46. The van der Waals surface area contributed by atoms with Crippen molar-refractivity contribution in [2.24, 2.45) is 10.9 Å². The van der Waals surface area contributed by atoms with Crippen LogP contribution in [0.4, 0.5) is 0 Å². The highest BCUT2D eigenvalue weighted by Crippen LogP contribution is 2.15. The van der Waals surface area contributed by atoms with Crippen LogP contribution in [0.2, 0.25) is 0 Å². The van der Waals surface area contributed by atoms with Crippen molar-refractivity contribution >= 4 is 41.7 Å². The molecule has 21 heavy (non-hydrogen) atoms. The van der Waals surface area contributed by atoms with Gasteiger partial charge in [0.1, 0.15) is 0 Å². The van der Waals surface area contributed by atoms with Gasteiger partial charge in [-0.15, -0.1) is 24.0 Å². The van der Waals surface area contributed by atoms with E-state index >= 15 is 0 Å². The summed E-state index contributed by atoms with van der Waals surface area (Å²) in [5.41, 5.74) is 0. The third-order valence-electron chi connectivity index (χ3n) is 4.07. The lowest BCUT2D eigenvalue weighted by Crippen LogP contribution is -2.46. The molecule has 0 aromatic carbocycles. The Morgan fingerprint density at radius 1 is 1.29 bits per heavy atom. The molecular weight excluding hydrogens is 395 g/mol. The van der Waals surface area contributed by atoms with E-state index < -0.39 is 0 Å². The highest BCUT2D eigenvalue weighted by atomic mass is 127. The van der Waals surface area contributed by atoms with Crippen LogP contribution in [0.3, 0.4) is 0 Å². The standard InChI is InChI=1S/C15H30N4S.HI/c1-3-16-15(19-7-4-5-14(2)13-19)17-6-8-18-9-11-20-12-10-18;/h14H,3-13H2,1-2H3,(H,16,17);1H. The zero-order valence-electron chi connectivity index (χ0n) is 13.5. The van der Waals surface area contributed by atoms with Gasteiger partial charge in [-0.1, -0.05) is 6.92 Å². The van der Waals surface area contributed by atoms with Crippen LogP contribution < -0.4 is 5.32 Å². The average molecular weight is 426 g/mol. The highest BCUT2D eigenvalue weighted by Gasteiger charge is 2.19. The fourth-order valence-electron chi connectivity index (χ4n) is 2.93. The van der Waals surface area contributed by atoms with E-state index in [0.29, 0.717) is 0 Å². The third-order valence-corrected chi connectivity index (χ3v) is 5.02. The molecule has 124 valence electrons. The number of nitrogens with zero attached hydrogens (tertiary/aromatic N) is 3. The molecule has 6 heteroatoms. The van der Waals surface area contributed by atoms with Gasteiger partial charge in [-0.2, -0.15) is 11.8 Å². The van der Waals surface area contributed by atoms with E-state index in [1.807, 2.05) is 0 Å². The first-order valence-electron chi connectivity index (χ1n) is 8.13. The highest BCUT2D eigenvalue weighted by molar-refractivity contribution is 14.0. The fraction of sp³-hybridized carbons (Fsp3) is 0.933. The molecule has 0 amide bonds. The molecule has 0 aromatic rings. The number of nitrogens with one attached hydrogen (secondary N) is 1. The quantitative estimate of drug-likeness (QED) is 0.425. The zero-order chi connectivity index (χ0) is 14.2. The smallest absolute Gasteiger partial charge is 0.193 e. The number of piperidine rings is 1. The van der Waals surface area contributed by atoms with Gasteiger partial charge in [0.05, 0.1) is 6.54 Å². The Labute approximate surface area is 151 Å². The molecule has 0 aliphatic carbocycles. The number of hydrogen-bond acceptors (Lipinski definition) is 3. The van der Waals surface area contributed by atoms with Crippen LogP contribution in [0.5, 0.6) is 0 Å². The second-order valence-electron chi connectivity index (χ2n) is 5.88. The second kappa shape index (κ2) is 10.9. The van der Waals surface area contributed by atoms with Crippen LogP contribution >= 0.6 is 35.7 Å². The van der Waals surface area contributed by atoms with Gasteiger partial charge in [-0.3, -0.25) is 9.89 Å². The van der Waals surface area contributed by atoms with E-state index in [9.17, 15) is 0 Å².